The Hall–Kier alpha value is -3.75. The highest BCUT2D eigenvalue weighted by Gasteiger charge is 2.18. The molecule has 0 saturated heterocycles. The predicted octanol–water partition coefficient (Wildman–Crippen LogP) is 3.20. The van der Waals surface area contributed by atoms with Crippen molar-refractivity contribution in [3.63, 3.8) is 0 Å². The number of hydrogen-bond donors (Lipinski definition) is 2. The van der Waals surface area contributed by atoms with Crippen molar-refractivity contribution in [2.75, 3.05) is 24.2 Å². The van der Waals surface area contributed by atoms with Crippen molar-refractivity contribution in [3.8, 4) is 17.0 Å². The van der Waals surface area contributed by atoms with Crippen molar-refractivity contribution in [1.29, 1.82) is 0 Å². The molecule has 7 nitrogen and oxygen atoms in total. The summed E-state index contributed by atoms with van der Waals surface area (Å²) in [5, 5.41) is 14.7. The zero-order valence-corrected chi connectivity index (χ0v) is 15.5. The predicted molar refractivity (Wildman–Crippen MR) is 106 cm³/mol. The lowest BCUT2D eigenvalue weighted by Gasteiger charge is -2.19. The van der Waals surface area contributed by atoms with Gasteiger partial charge in [-0.1, -0.05) is 12.1 Å². The van der Waals surface area contributed by atoms with Gasteiger partial charge in [-0.05, 0) is 24.3 Å². The minimum Gasteiger partial charge on any atom is -0.508 e. The Balaban J connectivity index is 1.72. The van der Waals surface area contributed by atoms with Gasteiger partial charge in [0, 0.05) is 25.2 Å². The number of aromatic nitrogens is 4. The summed E-state index contributed by atoms with van der Waals surface area (Å²) in [5.74, 6) is -0.944. The molecular formula is C20H18F2N6O. The van der Waals surface area contributed by atoms with Gasteiger partial charge in [-0.2, -0.15) is 5.10 Å². The third-order valence-corrected chi connectivity index (χ3v) is 4.63. The Morgan fingerprint density at radius 1 is 1.14 bits per heavy atom. The van der Waals surface area contributed by atoms with Crippen LogP contribution in [0.25, 0.3) is 22.3 Å². The second-order valence-corrected chi connectivity index (χ2v) is 6.60. The number of aromatic hydroxyl groups is 1. The van der Waals surface area contributed by atoms with E-state index in [1.54, 1.807) is 34.8 Å². The first-order valence-corrected chi connectivity index (χ1v) is 8.86. The number of anilines is 2. The van der Waals surface area contributed by atoms with Crippen LogP contribution >= 0.6 is 0 Å². The number of nitrogens with zero attached hydrogens (tertiary/aromatic N) is 5. The Labute approximate surface area is 165 Å². The Morgan fingerprint density at radius 3 is 2.69 bits per heavy atom. The maximum absolute atomic E-state index is 14.0. The lowest BCUT2D eigenvalue weighted by Crippen LogP contribution is -2.24. The van der Waals surface area contributed by atoms with Crippen LogP contribution in [0.4, 0.5) is 20.3 Å². The van der Waals surface area contributed by atoms with Gasteiger partial charge in [0.2, 0.25) is 0 Å². The highest BCUT2D eigenvalue weighted by molar-refractivity contribution is 5.98. The monoisotopic (exact) mass is 396 g/mol. The number of benzene rings is 2. The molecule has 4 rings (SSSR count). The van der Waals surface area contributed by atoms with Crippen LogP contribution in [-0.2, 0) is 6.54 Å². The summed E-state index contributed by atoms with van der Waals surface area (Å²) in [5.41, 5.74) is 7.69. The molecule has 0 radical (unpaired) electrons. The quantitative estimate of drug-likeness (QED) is 0.538. The van der Waals surface area contributed by atoms with Gasteiger partial charge in [-0.25, -0.2) is 23.4 Å². The molecule has 0 fully saturated rings. The van der Waals surface area contributed by atoms with Gasteiger partial charge < -0.3 is 15.7 Å². The zero-order valence-electron chi connectivity index (χ0n) is 15.5. The van der Waals surface area contributed by atoms with Crippen LogP contribution in [-0.4, -0.2) is 38.4 Å². The van der Waals surface area contributed by atoms with Gasteiger partial charge in [0.15, 0.2) is 5.65 Å². The van der Waals surface area contributed by atoms with E-state index in [9.17, 15) is 13.9 Å². The maximum atomic E-state index is 14.0. The summed E-state index contributed by atoms with van der Waals surface area (Å²) in [6.07, 6.45) is 1.32. The third-order valence-electron chi connectivity index (χ3n) is 4.63. The Kier molecular flexibility index (Phi) is 4.71. The van der Waals surface area contributed by atoms with E-state index in [0.717, 1.165) is 6.07 Å². The molecule has 3 N–H and O–H groups in total. The number of phenolic OH excluding ortho intramolecular Hbond substituents is 1. The number of halogens is 2. The summed E-state index contributed by atoms with van der Waals surface area (Å²) in [7, 11) is 1.78. The van der Waals surface area contributed by atoms with Gasteiger partial charge in [-0.15, -0.1) is 0 Å². The zero-order chi connectivity index (χ0) is 20.5. The van der Waals surface area contributed by atoms with Crippen LogP contribution in [0.15, 0.2) is 48.8 Å². The molecule has 29 heavy (non-hydrogen) atoms. The molecular weight excluding hydrogens is 378 g/mol. The van der Waals surface area contributed by atoms with Crippen LogP contribution in [0.2, 0.25) is 0 Å². The first-order valence-electron chi connectivity index (χ1n) is 8.86. The normalized spacial score (nSPS) is 11.1. The molecule has 148 valence electrons. The van der Waals surface area contributed by atoms with Crippen molar-refractivity contribution in [1.82, 2.24) is 19.7 Å². The van der Waals surface area contributed by atoms with Gasteiger partial charge in [0.05, 0.1) is 17.6 Å². The van der Waals surface area contributed by atoms with Crippen LogP contribution in [0.1, 0.15) is 0 Å². The van der Waals surface area contributed by atoms with Crippen molar-refractivity contribution in [2.24, 2.45) is 0 Å². The van der Waals surface area contributed by atoms with Crippen LogP contribution < -0.4 is 10.6 Å². The van der Waals surface area contributed by atoms with Crippen LogP contribution in [0.3, 0.4) is 0 Å². The summed E-state index contributed by atoms with van der Waals surface area (Å²) in [6, 6.07) is 10.1. The molecule has 0 atom stereocenters. The molecule has 0 aliphatic carbocycles. The molecule has 0 amide bonds. The lowest BCUT2D eigenvalue weighted by molar-refractivity contribution is 0.469. The first kappa shape index (κ1) is 18.6. The summed E-state index contributed by atoms with van der Waals surface area (Å²) < 4.78 is 29.4. The van der Waals surface area contributed by atoms with E-state index in [4.69, 9.17) is 5.73 Å². The van der Waals surface area contributed by atoms with E-state index in [2.05, 4.69) is 15.1 Å². The van der Waals surface area contributed by atoms with Gasteiger partial charge >= 0.3 is 0 Å². The molecule has 0 aliphatic rings. The molecule has 0 spiro atoms. The summed E-state index contributed by atoms with van der Waals surface area (Å²) in [6.45, 7) is 0.814. The summed E-state index contributed by atoms with van der Waals surface area (Å²) >= 11 is 0. The van der Waals surface area contributed by atoms with E-state index in [0.29, 0.717) is 41.1 Å². The van der Waals surface area contributed by atoms with Crippen molar-refractivity contribution in [3.05, 3.63) is 60.4 Å². The molecule has 9 heteroatoms. The number of hydrogen-bond acceptors (Lipinski definition) is 6. The van der Waals surface area contributed by atoms with Crippen LogP contribution in [0, 0.1) is 11.6 Å². The van der Waals surface area contributed by atoms with Gasteiger partial charge in [0.25, 0.3) is 0 Å². The molecule has 0 unspecified atom stereocenters. The second kappa shape index (κ2) is 7.34. The van der Waals surface area contributed by atoms with E-state index in [1.807, 2.05) is 0 Å². The molecule has 2 heterocycles. The number of likely N-dealkylation sites (N-methyl/N-ethyl adjacent to an activating group) is 1. The number of nitrogens with two attached hydrogens (primary N) is 1. The van der Waals surface area contributed by atoms with E-state index in [-0.39, 0.29) is 17.4 Å². The largest absolute Gasteiger partial charge is 0.508 e. The van der Waals surface area contributed by atoms with E-state index >= 15 is 0 Å². The molecule has 4 aromatic rings. The smallest absolute Gasteiger partial charge is 0.164 e. The minimum atomic E-state index is -0.600. The topological polar surface area (TPSA) is 93.1 Å². The number of rotatable bonds is 5. The highest BCUT2D eigenvalue weighted by atomic mass is 19.1. The molecule has 0 aliphatic heterocycles. The van der Waals surface area contributed by atoms with Crippen molar-refractivity contribution >= 4 is 22.5 Å². The second-order valence-electron chi connectivity index (χ2n) is 6.60. The molecule has 2 aromatic carbocycles. The van der Waals surface area contributed by atoms with Gasteiger partial charge in [-0.3, -0.25) is 0 Å². The van der Waals surface area contributed by atoms with E-state index < -0.39 is 5.82 Å². The molecule has 2 aromatic heterocycles. The average Bonchev–Trinajstić information content (AvgIpc) is 3.06. The molecule has 0 saturated carbocycles. The van der Waals surface area contributed by atoms with Crippen molar-refractivity contribution < 1.29 is 13.9 Å². The number of phenols is 1. The number of para-hydroxylation sites is 1. The fraction of sp³-hybridized carbons (Fsp3) is 0.150. The SMILES string of the molecule is CN(CCn1nc(-c2cc(O)cc(F)c2)c2c(N)ncnc21)c1ccccc1F. The fourth-order valence-corrected chi connectivity index (χ4v) is 3.23. The van der Waals surface area contributed by atoms with Crippen LogP contribution in [0.5, 0.6) is 5.75 Å². The third kappa shape index (κ3) is 3.54. The molecule has 0 bridgehead atoms. The standard InChI is InChI=1S/C20H18F2N6O/c1-27(16-5-3-2-4-15(16)22)6-7-28-20-17(19(23)24-11-25-20)18(26-28)12-8-13(21)10-14(29)9-12/h2-5,8-11,29H,6-7H2,1H3,(H2,23,24,25). The van der Waals surface area contributed by atoms with E-state index in [1.165, 1.54) is 24.5 Å². The van der Waals surface area contributed by atoms with Crippen molar-refractivity contribution in [2.45, 2.75) is 6.54 Å². The number of nitrogen functional groups attached to an aromatic ring is 1. The number of fused-ring (bicyclic) bond motifs is 1. The van der Waals surface area contributed by atoms with Gasteiger partial charge in [0.1, 0.15) is 35.2 Å². The lowest BCUT2D eigenvalue weighted by atomic mass is 10.1. The minimum absolute atomic E-state index is 0.197. The maximum Gasteiger partial charge on any atom is 0.164 e. The summed E-state index contributed by atoms with van der Waals surface area (Å²) in [4.78, 5) is 10.0. The first-order chi connectivity index (χ1) is 13.9. The fourth-order valence-electron chi connectivity index (χ4n) is 3.23. The average molecular weight is 396 g/mol. The highest BCUT2D eigenvalue weighted by Crippen LogP contribution is 2.32. The Bertz CT molecular complexity index is 1170. The Morgan fingerprint density at radius 2 is 1.93 bits per heavy atom.